The molecule has 0 fully saturated rings. The maximum Gasteiger partial charge on any atom is 0.160 e. The molecule has 0 saturated heterocycles. The van der Waals surface area contributed by atoms with E-state index in [0.29, 0.717) is 12.3 Å². The molecule has 11 rings (SSSR count). The predicted octanol–water partition coefficient (Wildman–Crippen LogP) is 14.1. The van der Waals surface area contributed by atoms with Crippen LogP contribution in [0, 0.1) is 0 Å². The van der Waals surface area contributed by atoms with Crippen LogP contribution in [0.3, 0.4) is 0 Å². The number of hydrogen-bond donors (Lipinski definition) is 0. The minimum atomic E-state index is 0.603. The van der Waals surface area contributed by atoms with E-state index in [1.165, 1.54) is 32.7 Å². The molecule has 2 heterocycles. The smallest absolute Gasteiger partial charge is 0.160 e. The Morgan fingerprint density at radius 1 is 0.375 bits per heavy atom. The molecule has 0 atom stereocenters. The van der Waals surface area contributed by atoms with E-state index in [-0.39, 0.29) is 0 Å². The Bertz CT molecular complexity index is 3260. The molecule has 3 nitrogen and oxygen atoms in total. The highest BCUT2D eigenvalue weighted by Gasteiger charge is 2.22. The highest BCUT2D eigenvalue weighted by Crippen LogP contribution is 2.43. The number of benzene rings is 9. The number of fused-ring (bicyclic) bond motifs is 6. The van der Waals surface area contributed by atoms with Gasteiger partial charge in [-0.15, -0.1) is 0 Å². The fourth-order valence-corrected chi connectivity index (χ4v) is 8.29. The van der Waals surface area contributed by atoms with Crippen molar-refractivity contribution in [2.24, 2.45) is 9.98 Å². The van der Waals surface area contributed by atoms with Crippen molar-refractivity contribution in [3.05, 3.63) is 211 Å². The maximum absolute atomic E-state index is 7.13. The summed E-state index contributed by atoms with van der Waals surface area (Å²) in [5.41, 5.74) is 11.2. The highest BCUT2D eigenvalue weighted by molar-refractivity contribution is 6.24. The van der Waals surface area contributed by atoms with Crippen molar-refractivity contribution in [1.29, 1.82) is 0 Å². The van der Waals surface area contributed by atoms with Crippen LogP contribution in [0.25, 0.3) is 82.2 Å². The van der Waals surface area contributed by atoms with E-state index in [1.54, 1.807) is 0 Å². The van der Waals surface area contributed by atoms with Crippen molar-refractivity contribution in [2.75, 3.05) is 0 Å². The Hall–Kier alpha value is -7.36. The van der Waals surface area contributed by atoms with Crippen molar-refractivity contribution < 1.29 is 4.42 Å². The summed E-state index contributed by atoms with van der Waals surface area (Å²) < 4.78 is 7.13. The molecule has 0 aliphatic carbocycles. The van der Waals surface area contributed by atoms with E-state index in [4.69, 9.17) is 14.4 Å². The number of aliphatic imine (C=N–C) groups is 2. The second kappa shape index (κ2) is 13.2. The van der Waals surface area contributed by atoms with Gasteiger partial charge in [-0.1, -0.05) is 164 Å². The van der Waals surface area contributed by atoms with Gasteiger partial charge in [-0.25, -0.2) is 9.98 Å². The molecule has 262 valence electrons. The van der Waals surface area contributed by atoms with Gasteiger partial charge in [0.15, 0.2) is 5.84 Å². The number of furan rings is 1. The SMILES string of the molecule is C1=C(c2ccccc2)N=C(c2ccc3ccccc3c2)N=C(c2cccc3c2oc2c(-c4ccc5cc(-c6ccccc6)ccc5c4)c4ccccc4cc23)C1. The van der Waals surface area contributed by atoms with Crippen molar-refractivity contribution in [1.82, 2.24) is 0 Å². The third kappa shape index (κ3) is 5.52. The molecular formula is C53H34N2O. The lowest BCUT2D eigenvalue weighted by Gasteiger charge is -2.11. The number of para-hydroxylation sites is 1. The molecule has 1 aliphatic rings. The van der Waals surface area contributed by atoms with Gasteiger partial charge in [0.25, 0.3) is 0 Å². The average molecular weight is 715 g/mol. The molecule has 0 spiro atoms. The zero-order chi connectivity index (χ0) is 37.0. The number of hydrogen-bond acceptors (Lipinski definition) is 3. The standard InChI is InChI=1S/C53H34N2O/c1-3-12-34(13-4-1)38-23-24-40-31-42(26-25-39(40)30-38)50-44-19-10-9-18-41(44)33-47-45-20-11-21-46(51(45)56-52(47)50)49-29-28-48(36-15-5-2-6-16-36)54-53(55-49)43-27-22-35-14-7-8-17-37(35)32-43/h1-28,30-33H,29H2. The molecule has 0 radical (unpaired) electrons. The topological polar surface area (TPSA) is 37.9 Å². The number of allylic oxidation sites excluding steroid dienone is 1. The molecule has 56 heavy (non-hydrogen) atoms. The lowest BCUT2D eigenvalue weighted by atomic mass is 9.93. The summed E-state index contributed by atoms with van der Waals surface area (Å²) in [6, 6.07) is 66.7. The van der Waals surface area contributed by atoms with Gasteiger partial charge in [0.1, 0.15) is 11.2 Å². The largest absolute Gasteiger partial charge is 0.455 e. The zero-order valence-corrected chi connectivity index (χ0v) is 30.5. The molecule has 0 bridgehead atoms. The molecule has 10 aromatic rings. The van der Waals surface area contributed by atoms with Gasteiger partial charge >= 0.3 is 0 Å². The molecule has 0 N–H and O–H groups in total. The second-order valence-corrected chi connectivity index (χ2v) is 14.5. The fraction of sp³-hybridized carbons (Fsp3) is 0.0189. The van der Waals surface area contributed by atoms with E-state index in [1.807, 2.05) is 6.07 Å². The Balaban J connectivity index is 1.09. The number of amidine groups is 1. The Kier molecular flexibility index (Phi) is 7.56. The van der Waals surface area contributed by atoms with Crippen LogP contribution in [-0.4, -0.2) is 11.5 Å². The highest BCUT2D eigenvalue weighted by atomic mass is 16.3. The lowest BCUT2D eigenvalue weighted by Crippen LogP contribution is -2.05. The molecule has 1 aromatic heterocycles. The van der Waals surface area contributed by atoms with Crippen LogP contribution in [0.15, 0.2) is 209 Å². The van der Waals surface area contributed by atoms with Crippen LogP contribution >= 0.6 is 0 Å². The van der Waals surface area contributed by atoms with Gasteiger partial charge < -0.3 is 4.42 Å². The quantitative estimate of drug-likeness (QED) is 0.175. The van der Waals surface area contributed by atoms with Crippen molar-refractivity contribution in [3.8, 4) is 22.3 Å². The van der Waals surface area contributed by atoms with E-state index in [9.17, 15) is 0 Å². The van der Waals surface area contributed by atoms with E-state index >= 15 is 0 Å². The van der Waals surface area contributed by atoms with Crippen LogP contribution < -0.4 is 0 Å². The Morgan fingerprint density at radius 2 is 0.982 bits per heavy atom. The zero-order valence-electron chi connectivity index (χ0n) is 30.5. The normalized spacial score (nSPS) is 13.2. The second-order valence-electron chi connectivity index (χ2n) is 14.5. The van der Waals surface area contributed by atoms with E-state index in [2.05, 4.69) is 188 Å². The molecule has 3 heteroatoms. The van der Waals surface area contributed by atoms with Gasteiger partial charge in [-0.2, -0.15) is 0 Å². The third-order valence-corrected chi connectivity index (χ3v) is 11.1. The molecule has 0 saturated carbocycles. The predicted molar refractivity (Wildman–Crippen MR) is 236 cm³/mol. The number of nitrogens with zero attached hydrogens (tertiary/aromatic N) is 2. The van der Waals surface area contributed by atoms with Gasteiger partial charge in [-0.3, -0.25) is 0 Å². The fourth-order valence-electron chi connectivity index (χ4n) is 8.29. The first kappa shape index (κ1) is 32.1. The summed E-state index contributed by atoms with van der Waals surface area (Å²) in [5, 5.41) is 9.24. The summed E-state index contributed by atoms with van der Waals surface area (Å²) in [6.45, 7) is 0. The summed E-state index contributed by atoms with van der Waals surface area (Å²) >= 11 is 0. The number of rotatable bonds is 5. The average Bonchev–Trinajstić information content (AvgIpc) is 3.49. The van der Waals surface area contributed by atoms with Crippen molar-refractivity contribution in [3.63, 3.8) is 0 Å². The molecule has 0 amide bonds. The van der Waals surface area contributed by atoms with Crippen LogP contribution in [0.1, 0.15) is 23.1 Å². The minimum Gasteiger partial charge on any atom is -0.455 e. The monoisotopic (exact) mass is 714 g/mol. The first-order valence-electron chi connectivity index (χ1n) is 19.1. The molecule has 0 unspecified atom stereocenters. The van der Waals surface area contributed by atoms with Crippen molar-refractivity contribution in [2.45, 2.75) is 6.42 Å². The van der Waals surface area contributed by atoms with Crippen molar-refractivity contribution >= 4 is 71.5 Å². The molecule has 1 aliphatic heterocycles. The Morgan fingerprint density at radius 3 is 1.80 bits per heavy atom. The summed E-state index contributed by atoms with van der Waals surface area (Å²) in [4.78, 5) is 10.6. The Labute approximate surface area is 324 Å². The molecule has 9 aromatic carbocycles. The van der Waals surface area contributed by atoms with Crippen LogP contribution in [0.5, 0.6) is 0 Å². The summed E-state index contributed by atoms with van der Waals surface area (Å²) in [7, 11) is 0. The van der Waals surface area contributed by atoms with Gasteiger partial charge in [0, 0.05) is 33.9 Å². The van der Waals surface area contributed by atoms with Crippen LogP contribution in [0.2, 0.25) is 0 Å². The maximum atomic E-state index is 7.13. The minimum absolute atomic E-state index is 0.603. The summed E-state index contributed by atoms with van der Waals surface area (Å²) in [6.07, 6.45) is 2.80. The van der Waals surface area contributed by atoms with E-state index in [0.717, 1.165) is 71.9 Å². The third-order valence-electron chi connectivity index (χ3n) is 11.1. The van der Waals surface area contributed by atoms with E-state index < -0.39 is 0 Å². The summed E-state index contributed by atoms with van der Waals surface area (Å²) in [5.74, 6) is 0.685. The van der Waals surface area contributed by atoms with Gasteiger partial charge in [-0.05, 0) is 84.9 Å². The molecular weight excluding hydrogens is 681 g/mol. The van der Waals surface area contributed by atoms with Gasteiger partial charge in [0.05, 0.1) is 11.4 Å². The first-order chi connectivity index (χ1) is 27.7. The first-order valence-corrected chi connectivity index (χ1v) is 19.1. The van der Waals surface area contributed by atoms with Gasteiger partial charge in [0.2, 0.25) is 0 Å². The lowest BCUT2D eigenvalue weighted by molar-refractivity contribution is 0.669. The van der Waals surface area contributed by atoms with Crippen LogP contribution in [0.4, 0.5) is 0 Å². The van der Waals surface area contributed by atoms with Crippen LogP contribution in [-0.2, 0) is 0 Å².